The molecule has 0 unspecified atom stereocenters. The topological polar surface area (TPSA) is 66.5 Å². The number of piperidine rings is 1. The van der Waals surface area contributed by atoms with Gasteiger partial charge < -0.3 is 5.32 Å². The molecule has 0 spiro atoms. The molecule has 2 aromatic rings. The average molecular weight is 444 g/mol. The van der Waals surface area contributed by atoms with Gasteiger partial charge in [0, 0.05) is 31.1 Å². The molecular formula is C20H20F4N2O3S. The van der Waals surface area contributed by atoms with E-state index in [0.717, 1.165) is 22.5 Å². The highest BCUT2D eigenvalue weighted by Gasteiger charge is 2.35. The Morgan fingerprint density at radius 2 is 1.73 bits per heavy atom. The van der Waals surface area contributed by atoms with E-state index in [4.69, 9.17) is 0 Å². The van der Waals surface area contributed by atoms with E-state index in [9.17, 15) is 30.8 Å². The predicted molar refractivity (Wildman–Crippen MR) is 101 cm³/mol. The number of carbonyl (C=O) groups is 1. The summed E-state index contributed by atoms with van der Waals surface area (Å²) in [6, 6.07) is 9.64. The van der Waals surface area contributed by atoms with Crippen LogP contribution in [0.3, 0.4) is 0 Å². The third-order valence-electron chi connectivity index (χ3n) is 5.03. The monoisotopic (exact) mass is 444 g/mol. The SMILES string of the molecule is O=C(NCc1ccccc1F)C1CCN(S(=O)(=O)c2cccc(C(F)(F)F)c2)CC1. The van der Waals surface area contributed by atoms with Gasteiger partial charge in [0.2, 0.25) is 15.9 Å². The van der Waals surface area contributed by atoms with Gasteiger partial charge in [-0.2, -0.15) is 17.5 Å². The number of carbonyl (C=O) groups excluding carboxylic acids is 1. The zero-order valence-corrected chi connectivity index (χ0v) is 16.6. The van der Waals surface area contributed by atoms with Crippen LogP contribution in [0.4, 0.5) is 17.6 Å². The highest BCUT2D eigenvalue weighted by atomic mass is 32.2. The van der Waals surface area contributed by atoms with Crippen molar-refractivity contribution in [2.75, 3.05) is 13.1 Å². The molecule has 0 saturated carbocycles. The molecule has 30 heavy (non-hydrogen) atoms. The zero-order chi connectivity index (χ0) is 21.9. The molecule has 1 N–H and O–H groups in total. The normalized spacial score (nSPS) is 16.4. The molecule has 0 aromatic heterocycles. The van der Waals surface area contributed by atoms with E-state index in [1.807, 2.05) is 0 Å². The minimum absolute atomic E-state index is 0.0103. The summed E-state index contributed by atoms with van der Waals surface area (Å²) in [4.78, 5) is 11.9. The average Bonchev–Trinajstić information content (AvgIpc) is 2.72. The van der Waals surface area contributed by atoms with Crippen LogP contribution in [0.15, 0.2) is 53.4 Å². The van der Waals surface area contributed by atoms with E-state index < -0.39 is 38.4 Å². The Kier molecular flexibility index (Phi) is 6.47. The molecule has 0 atom stereocenters. The lowest BCUT2D eigenvalue weighted by Crippen LogP contribution is -2.42. The fourth-order valence-corrected chi connectivity index (χ4v) is 4.82. The Morgan fingerprint density at radius 1 is 1.07 bits per heavy atom. The third-order valence-corrected chi connectivity index (χ3v) is 6.93. The second kappa shape index (κ2) is 8.73. The van der Waals surface area contributed by atoms with Crippen LogP contribution in [0, 0.1) is 11.7 Å². The molecule has 10 heteroatoms. The van der Waals surface area contributed by atoms with Crippen molar-refractivity contribution in [3.05, 3.63) is 65.5 Å². The van der Waals surface area contributed by atoms with Crippen molar-refractivity contribution < 1.29 is 30.8 Å². The zero-order valence-electron chi connectivity index (χ0n) is 15.8. The molecule has 1 aliphatic heterocycles. The van der Waals surface area contributed by atoms with Crippen molar-refractivity contribution in [3.8, 4) is 0 Å². The fraction of sp³-hybridized carbons (Fsp3) is 0.350. The number of alkyl halides is 3. The molecule has 2 aromatic carbocycles. The molecule has 1 aliphatic rings. The molecule has 1 heterocycles. The van der Waals surface area contributed by atoms with Crippen molar-refractivity contribution in [3.63, 3.8) is 0 Å². The van der Waals surface area contributed by atoms with E-state index in [-0.39, 0.29) is 38.4 Å². The maximum atomic E-state index is 13.6. The Hall–Kier alpha value is -2.46. The Balaban J connectivity index is 1.61. The summed E-state index contributed by atoms with van der Waals surface area (Å²) >= 11 is 0. The van der Waals surface area contributed by atoms with Crippen molar-refractivity contribution in [2.45, 2.75) is 30.5 Å². The first-order chi connectivity index (χ1) is 14.1. The second-order valence-electron chi connectivity index (χ2n) is 7.01. The first-order valence-corrected chi connectivity index (χ1v) is 10.7. The number of amides is 1. The van der Waals surface area contributed by atoms with Crippen LogP contribution in [0.1, 0.15) is 24.0 Å². The van der Waals surface area contributed by atoms with Gasteiger partial charge in [-0.25, -0.2) is 12.8 Å². The van der Waals surface area contributed by atoms with E-state index in [1.165, 1.54) is 6.07 Å². The molecule has 5 nitrogen and oxygen atoms in total. The van der Waals surface area contributed by atoms with Crippen LogP contribution in [-0.4, -0.2) is 31.7 Å². The highest BCUT2D eigenvalue weighted by Crippen LogP contribution is 2.32. The molecule has 0 radical (unpaired) electrons. The summed E-state index contributed by atoms with van der Waals surface area (Å²) in [6.07, 6.45) is -4.20. The number of nitrogens with one attached hydrogen (secondary N) is 1. The number of benzene rings is 2. The number of sulfonamides is 1. The van der Waals surface area contributed by atoms with Crippen LogP contribution in [0.2, 0.25) is 0 Å². The van der Waals surface area contributed by atoms with Gasteiger partial charge in [0.25, 0.3) is 0 Å². The van der Waals surface area contributed by atoms with E-state index >= 15 is 0 Å². The van der Waals surface area contributed by atoms with Crippen LogP contribution in [0.25, 0.3) is 0 Å². The first kappa shape index (κ1) is 22.2. The molecule has 1 fully saturated rings. The van der Waals surface area contributed by atoms with Gasteiger partial charge in [0.05, 0.1) is 10.5 Å². The lowest BCUT2D eigenvalue weighted by Gasteiger charge is -2.30. The van der Waals surface area contributed by atoms with E-state index in [2.05, 4.69) is 5.32 Å². The lowest BCUT2D eigenvalue weighted by molar-refractivity contribution is -0.137. The van der Waals surface area contributed by atoms with Gasteiger partial charge in [-0.1, -0.05) is 24.3 Å². The molecule has 0 bridgehead atoms. The number of rotatable bonds is 5. The minimum atomic E-state index is -4.64. The van der Waals surface area contributed by atoms with Gasteiger partial charge in [-0.3, -0.25) is 4.79 Å². The highest BCUT2D eigenvalue weighted by molar-refractivity contribution is 7.89. The van der Waals surface area contributed by atoms with Crippen LogP contribution in [0.5, 0.6) is 0 Å². The largest absolute Gasteiger partial charge is 0.416 e. The molecule has 0 aliphatic carbocycles. The van der Waals surface area contributed by atoms with Crippen LogP contribution in [-0.2, 0) is 27.5 Å². The number of hydrogen-bond acceptors (Lipinski definition) is 3. The quantitative estimate of drug-likeness (QED) is 0.718. The smallest absolute Gasteiger partial charge is 0.352 e. The third kappa shape index (κ3) is 4.99. The number of nitrogens with zero attached hydrogens (tertiary/aromatic N) is 1. The Labute approximate surface area is 171 Å². The number of hydrogen-bond donors (Lipinski definition) is 1. The van der Waals surface area contributed by atoms with Crippen molar-refractivity contribution in [1.29, 1.82) is 0 Å². The predicted octanol–water partition coefficient (Wildman–Crippen LogP) is 3.56. The molecule has 3 rings (SSSR count). The standard InChI is InChI=1S/C20H20F4N2O3S/c21-18-7-2-1-4-15(18)13-25-19(27)14-8-10-26(11-9-14)30(28,29)17-6-3-5-16(12-17)20(22,23)24/h1-7,12,14H,8-11,13H2,(H,25,27). The number of halogens is 4. The van der Waals surface area contributed by atoms with Gasteiger partial charge in [-0.15, -0.1) is 0 Å². The molecule has 1 amide bonds. The fourth-order valence-electron chi connectivity index (χ4n) is 3.31. The van der Waals surface area contributed by atoms with Gasteiger partial charge in [-0.05, 0) is 37.1 Å². The van der Waals surface area contributed by atoms with Crippen molar-refractivity contribution >= 4 is 15.9 Å². The summed E-state index contributed by atoms with van der Waals surface area (Å²) < 4.78 is 78.8. The summed E-state index contributed by atoms with van der Waals surface area (Å²) in [5.74, 6) is -1.20. The Morgan fingerprint density at radius 3 is 2.37 bits per heavy atom. The summed E-state index contributed by atoms with van der Waals surface area (Å²) in [5, 5.41) is 2.65. The van der Waals surface area contributed by atoms with Crippen LogP contribution >= 0.6 is 0 Å². The maximum absolute atomic E-state index is 13.6. The Bertz CT molecular complexity index is 1020. The lowest BCUT2D eigenvalue weighted by atomic mass is 9.97. The van der Waals surface area contributed by atoms with Crippen molar-refractivity contribution in [1.82, 2.24) is 9.62 Å². The van der Waals surface area contributed by atoms with Gasteiger partial charge in [0.1, 0.15) is 5.82 Å². The van der Waals surface area contributed by atoms with E-state index in [0.29, 0.717) is 11.6 Å². The van der Waals surface area contributed by atoms with Gasteiger partial charge in [0.15, 0.2) is 0 Å². The molecule has 1 saturated heterocycles. The molecular weight excluding hydrogens is 424 g/mol. The van der Waals surface area contributed by atoms with Crippen LogP contribution < -0.4 is 5.32 Å². The first-order valence-electron chi connectivity index (χ1n) is 9.27. The van der Waals surface area contributed by atoms with E-state index in [1.54, 1.807) is 18.2 Å². The van der Waals surface area contributed by atoms with Gasteiger partial charge >= 0.3 is 6.18 Å². The maximum Gasteiger partial charge on any atom is 0.416 e. The molecule has 162 valence electrons. The second-order valence-corrected chi connectivity index (χ2v) is 8.95. The summed E-state index contributed by atoms with van der Waals surface area (Å²) in [5.41, 5.74) is -0.693. The minimum Gasteiger partial charge on any atom is -0.352 e. The summed E-state index contributed by atoms with van der Waals surface area (Å²) in [7, 11) is -4.10. The summed E-state index contributed by atoms with van der Waals surface area (Å²) in [6.45, 7) is 0.0426. The van der Waals surface area contributed by atoms with Crippen molar-refractivity contribution in [2.24, 2.45) is 5.92 Å².